The van der Waals surface area contributed by atoms with Gasteiger partial charge in [0.2, 0.25) is 0 Å². The van der Waals surface area contributed by atoms with Gasteiger partial charge in [-0.25, -0.2) is 0 Å². The minimum absolute atomic E-state index is 0.405. The van der Waals surface area contributed by atoms with E-state index in [0.717, 1.165) is 25.6 Å². The second-order valence-corrected chi connectivity index (χ2v) is 5.57. The van der Waals surface area contributed by atoms with Crippen LogP contribution in [0.25, 0.3) is 0 Å². The van der Waals surface area contributed by atoms with E-state index in [1.807, 2.05) is 6.07 Å². The van der Waals surface area contributed by atoms with Crippen molar-refractivity contribution in [3.8, 4) is 0 Å². The summed E-state index contributed by atoms with van der Waals surface area (Å²) in [6.45, 7) is 1.60. The van der Waals surface area contributed by atoms with Crippen LogP contribution in [0.3, 0.4) is 0 Å². The molecule has 17 heavy (non-hydrogen) atoms. The first-order chi connectivity index (χ1) is 8.34. The molecule has 1 aromatic rings. The van der Waals surface area contributed by atoms with Crippen molar-refractivity contribution >= 4 is 11.6 Å². The minimum atomic E-state index is 0.405. The van der Waals surface area contributed by atoms with E-state index < -0.39 is 0 Å². The number of hydrogen-bond donors (Lipinski definition) is 0. The van der Waals surface area contributed by atoms with Crippen LogP contribution in [0.2, 0.25) is 0 Å². The number of hydrogen-bond acceptors (Lipinski definition) is 1. The number of rotatable bonds is 5. The van der Waals surface area contributed by atoms with E-state index in [4.69, 9.17) is 16.3 Å². The van der Waals surface area contributed by atoms with Crippen molar-refractivity contribution in [3.63, 3.8) is 0 Å². The van der Waals surface area contributed by atoms with Crippen LogP contribution in [0, 0.1) is 5.92 Å². The van der Waals surface area contributed by atoms with Gasteiger partial charge in [-0.3, -0.25) is 0 Å². The van der Waals surface area contributed by atoms with Crippen LogP contribution >= 0.6 is 11.6 Å². The molecular formula is C15H21ClO. The highest BCUT2D eigenvalue weighted by molar-refractivity contribution is 6.20. The molecule has 0 aromatic heterocycles. The van der Waals surface area contributed by atoms with Gasteiger partial charge in [-0.1, -0.05) is 43.2 Å². The van der Waals surface area contributed by atoms with Gasteiger partial charge in [-0.05, 0) is 30.7 Å². The molecule has 0 heterocycles. The molecule has 2 atom stereocenters. The van der Waals surface area contributed by atoms with E-state index in [0.29, 0.717) is 5.38 Å². The van der Waals surface area contributed by atoms with Crippen molar-refractivity contribution in [2.75, 3.05) is 6.61 Å². The maximum absolute atomic E-state index is 6.18. The van der Waals surface area contributed by atoms with Crippen molar-refractivity contribution in [1.29, 1.82) is 0 Å². The fraction of sp³-hybridized carbons (Fsp3) is 0.600. The lowest BCUT2D eigenvalue weighted by atomic mass is 9.87. The van der Waals surface area contributed by atoms with Crippen LogP contribution in [0.15, 0.2) is 30.3 Å². The molecule has 2 rings (SSSR count). The summed E-state index contributed by atoms with van der Waals surface area (Å²) in [5.41, 5.74) is 1.26. The Morgan fingerprint density at radius 1 is 1.18 bits per heavy atom. The predicted molar refractivity (Wildman–Crippen MR) is 72.3 cm³/mol. The second kappa shape index (κ2) is 7.03. The molecule has 2 unspecified atom stereocenters. The zero-order chi connectivity index (χ0) is 11.9. The Balaban J connectivity index is 1.60. The first kappa shape index (κ1) is 12.9. The number of benzene rings is 1. The number of alkyl halides is 1. The molecule has 0 spiro atoms. The van der Waals surface area contributed by atoms with Gasteiger partial charge < -0.3 is 4.74 Å². The third-order valence-electron chi connectivity index (χ3n) is 3.50. The number of ether oxygens (including phenoxy) is 1. The fourth-order valence-electron chi connectivity index (χ4n) is 2.50. The summed E-state index contributed by atoms with van der Waals surface area (Å²) in [4.78, 5) is 0. The van der Waals surface area contributed by atoms with Gasteiger partial charge in [-0.15, -0.1) is 11.6 Å². The molecule has 0 N–H and O–H groups in total. The Kier molecular flexibility index (Phi) is 5.34. The summed E-state index contributed by atoms with van der Waals surface area (Å²) >= 11 is 6.18. The Hall–Kier alpha value is -0.530. The van der Waals surface area contributed by atoms with Crippen molar-refractivity contribution in [1.82, 2.24) is 0 Å². The molecule has 0 bridgehead atoms. The zero-order valence-electron chi connectivity index (χ0n) is 10.3. The van der Waals surface area contributed by atoms with Crippen molar-refractivity contribution in [2.24, 2.45) is 5.92 Å². The molecule has 0 radical (unpaired) electrons. The SMILES string of the molecule is ClC1CCCC(CCOCc2ccccc2)C1. The maximum Gasteiger partial charge on any atom is 0.0716 e. The van der Waals surface area contributed by atoms with E-state index in [1.165, 1.54) is 31.2 Å². The molecule has 1 aliphatic rings. The van der Waals surface area contributed by atoms with Gasteiger partial charge in [0.05, 0.1) is 6.61 Å². The van der Waals surface area contributed by atoms with Crippen LogP contribution in [0.4, 0.5) is 0 Å². The van der Waals surface area contributed by atoms with Crippen molar-refractivity contribution in [2.45, 2.75) is 44.1 Å². The first-order valence-corrected chi connectivity index (χ1v) is 7.04. The normalized spacial score (nSPS) is 24.8. The Bertz CT molecular complexity index is 312. The molecule has 1 saturated carbocycles. The van der Waals surface area contributed by atoms with Crippen molar-refractivity contribution < 1.29 is 4.74 Å². The first-order valence-electron chi connectivity index (χ1n) is 6.60. The number of halogens is 1. The lowest BCUT2D eigenvalue weighted by Gasteiger charge is -2.25. The Labute approximate surface area is 109 Å². The maximum atomic E-state index is 6.18. The standard InChI is InChI=1S/C15H21ClO/c16-15-8-4-7-13(11-15)9-10-17-12-14-5-2-1-3-6-14/h1-3,5-6,13,15H,4,7-12H2. The van der Waals surface area contributed by atoms with Crippen LogP contribution in [0.1, 0.15) is 37.7 Å². The molecule has 1 nitrogen and oxygen atoms in total. The van der Waals surface area contributed by atoms with E-state index in [1.54, 1.807) is 0 Å². The molecule has 2 heteroatoms. The van der Waals surface area contributed by atoms with Crippen LogP contribution in [-0.2, 0) is 11.3 Å². The highest BCUT2D eigenvalue weighted by atomic mass is 35.5. The largest absolute Gasteiger partial charge is 0.377 e. The van der Waals surface area contributed by atoms with Crippen LogP contribution in [-0.4, -0.2) is 12.0 Å². The average Bonchev–Trinajstić information content (AvgIpc) is 2.36. The fourth-order valence-corrected chi connectivity index (χ4v) is 2.91. The van der Waals surface area contributed by atoms with Gasteiger partial charge in [-0.2, -0.15) is 0 Å². The van der Waals surface area contributed by atoms with Gasteiger partial charge >= 0.3 is 0 Å². The highest BCUT2D eigenvalue weighted by Gasteiger charge is 2.19. The van der Waals surface area contributed by atoms with Gasteiger partial charge in [0, 0.05) is 12.0 Å². The summed E-state index contributed by atoms with van der Waals surface area (Å²) in [5, 5.41) is 0.405. The highest BCUT2D eigenvalue weighted by Crippen LogP contribution is 2.29. The lowest BCUT2D eigenvalue weighted by molar-refractivity contribution is 0.102. The van der Waals surface area contributed by atoms with E-state index >= 15 is 0 Å². The van der Waals surface area contributed by atoms with Crippen LogP contribution < -0.4 is 0 Å². The third-order valence-corrected chi connectivity index (χ3v) is 3.90. The molecule has 1 fully saturated rings. The summed E-state index contributed by atoms with van der Waals surface area (Å²) < 4.78 is 5.71. The molecular weight excluding hydrogens is 232 g/mol. The lowest BCUT2D eigenvalue weighted by Crippen LogP contribution is -2.17. The zero-order valence-corrected chi connectivity index (χ0v) is 11.0. The van der Waals surface area contributed by atoms with Gasteiger partial charge in [0.1, 0.15) is 0 Å². The van der Waals surface area contributed by atoms with E-state index in [-0.39, 0.29) is 0 Å². The third kappa shape index (κ3) is 4.69. The van der Waals surface area contributed by atoms with Crippen molar-refractivity contribution in [3.05, 3.63) is 35.9 Å². The van der Waals surface area contributed by atoms with E-state index in [2.05, 4.69) is 24.3 Å². The second-order valence-electron chi connectivity index (χ2n) is 4.96. The summed E-state index contributed by atoms with van der Waals surface area (Å²) in [6, 6.07) is 10.4. The van der Waals surface area contributed by atoms with Gasteiger partial charge in [0.25, 0.3) is 0 Å². The minimum Gasteiger partial charge on any atom is -0.377 e. The van der Waals surface area contributed by atoms with E-state index in [9.17, 15) is 0 Å². The van der Waals surface area contributed by atoms with Gasteiger partial charge in [0.15, 0.2) is 0 Å². The quantitative estimate of drug-likeness (QED) is 0.558. The summed E-state index contributed by atoms with van der Waals surface area (Å²) in [5.74, 6) is 0.780. The monoisotopic (exact) mass is 252 g/mol. The molecule has 0 saturated heterocycles. The predicted octanol–water partition coefficient (Wildman–Crippen LogP) is 4.39. The topological polar surface area (TPSA) is 9.23 Å². The molecule has 94 valence electrons. The molecule has 0 amide bonds. The molecule has 0 aliphatic heterocycles. The average molecular weight is 253 g/mol. The van der Waals surface area contributed by atoms with Crippen LogP contribution in [0.5, 0.6) is 0 Å². The Morgan fingerprint density at radius 3 is 2.76 bits per heavy atom. The molecule has 1 aliphatic carbocycles. The Morgan fingerprint density at radius 2 is 2.00 bits per heavy atom. The summed E-state index contributed by atoms with van der Waals surface area (Å²) in [7, 11) is 0. The molecule has 1 aromatic carbocycles. The summed E-state index contributed by atoms with van der Waals surface area (Å²) in [6.07, 6.45) is 6.16. The smallest absolute Gasteiger partial charge is 0.0716 e.